The molecule has 0 radical (unpaired) electrons. The van der Waals surface area contributed by atoms with E-state index < -0.39 is 0 Å². The van der Waals surface area contributed by atoms with Crippen LogP contribution in [0.3, 0.4) is 0 Å². The molecule has 5 aromatic rings. The quantitative estimate of drug-likeness (QED) is 0.335. The summed E-state index contributed by atoms with van der Waals surface area (Å²) in [5.74, 6) is 0.240. The van der Waals surface area contributed by atoms with Gasteiger partial charge in [0.1, 0.15) is 5.01 Å². The molecule has 9 heteroatoms. The van der Waals surface area contributed by atoms with Gasteiger partial charge in [0, 0.05) is 11.6 Å². The van der Waals surface area contributed by atoms with Crippen LogP contribution in [-0.2, 0) is 17.8 Å². The third-order valence-electron chi connectivity index (χ3n) is 5.50. The molecule has 0 saturated carbocycles. The number of amides is 1. The molecule has 5 rings (SSSR count). The molecule has 1 N–H and O–H groups in total. The van der Waals surface area contributed by atoms with Crippen LogP contribution in [0.5, 0.6) is 0 Å². The summed E-state index contributed by atoms with van der Waals surface area (Å²) in [4.78, 5) is 17.4. The largest absolute Gasteiger partial charge is 0.272 e. The molecule has 0 fully saturated rings. The van der Waals surface area contributed by atoms with Gasteiger partial charge in [0.05, 0.1) is 6.54 Å². The highest BCUT2D eigenvalue weighted by Crippen LogP contribution is 2.29. The first-order valence-corrected chi connectivity index (χ1v) is 12.3. The first-order chi connectivity index (χ1) is 17.7. The molecule has 0 bridgehead atoms. The number of carbonyl (C=O) groups excluding carboxylic acids is 1. The fraction of sp³-hybridized carbons (Fsp3) is 0.111. The van der Waals surface area contributed by atoms with Crippen LogP contribution in [-0.4, -0.2) is 36.3 Å². The number of nitrogens with one attached hydrogen (secondary N) is 1. The van der Waals surface area contributed by atoms with E-state index in [4.69, 9.17) is 0 Å². The van der Waals surface area contributed by atoms with Gasteiger partial charge in [0.15, 0.2) is 0 Å². The maximum absolute atomic E-state index is 12.5. The lowest BCUT2D eigenvalue weighted by molar-refractivity contribution is -0.113. The Bertz CT molecular complexity index is 1550. The summed E-state index contributed by atoms with van der Waals surface area (Å²) in [6, 6.07) is 25.9. The first-order valence-electron chi connectivity index (χ1n) is 11.5. The lowest BCUT2D eigenvalue weighted by atomic mass is 9.98. The normalized spacial score (nSPS) is 11.9. The molecular weight excluding hydrogens is 470 g/mol. The highest BCUT2D eigenvalue weighted by Gasteiger charge is 2.11. The van der Waals surface area contributed by atoms with E-state index in [2.05, 4.69) is 55.0 Å². The van der Waals surface area contributed by atoms with Gasteiger partial charge in [-0.05, 0) is 40.0 Å². The third-order valence-corrected chi connectivity index (χ3v) is 6.59. The van der Waals surface area contributed by atoms with Gasteiger partial charge < -0.3 is 0 Å². The average molecular weight is 494 g/mol. The van der Waals surface area contributed by atoms with Crippen molar-refractivity contribution >= 4 is 23.3 Å². The zero-order valence-corrected chi connectivity index (χ0v) is 20.4. The van der Waals surface area contributed by atoms with E-state index in [9.17, 15) is 4.79 Å². The minimum Gasteiger partial charge on any atom is -0.267 e. The van der Waals surface area contributed by atoms with E-state index in [1.165, 1.54) is 17.4 Å². The van der Waals surface area contributed by atoms with Crippen molar-refractivity contribution in [1.29, 1.82) is 0 Å². The van der Waals surface area contributed by atoms with Crippen molar-refractivity contribution in [3.05, 3.63) is 106 Å². The van der Waals surface area contributed by atoms with Gasteiger partial charge in [-0.1, -0.05) is 97.1 Å². The number of H-pyrrole nitrogens is 1. The minimum atomic E-state index is -0.313. The highest BCUT2D eigenvalue weighted by molar-refractivity contribution is 7.08. The molecule has 0 saturated heterocycles. The highest BCUT2D eigenvalue weighted by atomic mass is 32.1. The van der Waals surface area contributed by atoms with E-state index in [1.807, 2.05) is 61.5 Å². The summed E-state index contributed by atoms with van der Waals surface area (Å²) in [5, 5.41) is 20.0. The molecule has 8 nitrogen and oxygen atoms in total. The minimum absolute atomic E-state index is 0.313. The third kappa shape index (κ3) is 5.42. The van der Waals surface area contributed by atoms with E-state index >= 15 is 0 Å². The topological polar surface area (TPSA) is 102 Å². The van der Waals surface area contributed by atoms with Crippen molar-refractivity contribution < 1.29 is 4.79 Å². The van der Waals surface area contributed by atoms with Crippen LogP contribution in [0.25, 0.3) is 28.6 Å². The summed E-state index contributed by atoms with van der Waals surface area (Å²) in [6.07, 6.45) is 4.03. The Balaban J connectivity index is 1.38. The molecule has 0 atom stereocenters. The number of benzene rings is 3. The number of aryl methyl sites for hydroxylation is 1. The number of carbonyl (C=O) groups is 1. The van der Waals surface area contributed by atoms with Crippen LogP contribution in [0.4, 0.5) is 0 Å². The van der Waals surface area contributed by atoms with Gasteiger partial charge in [0.2, 0.25) is 10.6 Å². The zero-order valence-electron chi connectivity index (χ0n) is 19.6. The summed E-state index contributed by atoms with van der Waals surface area (Å²) in [6.45, 7) is 2.55. The Morgan fingerprint density at radius 1 is 1.00 bits per heavy atom. The Hall–Kier alpha value is -4.50. The second kappa shape index (κ2) is 10.8. The molecule has 178 valence electrons. The van der Waals surface area contributed by atoms with Crippen molar-refractivity contribution in [1.82, 2.24) is 30.4 Å². The summed E-state index contributed by atoms with van der Waals surface area (Å²) in [5.41, 5.74) is 4.98. The van der Waals surface area contributed by atoms with Crippen molar-refractivity contribution in [2.45, 2.75) is 19.9 Å². The van der Waals surface area contributed by atoms with Crippen LogP contribution in [0.2, 0.25) is 0 Å². The Labute approximate surface area is 211 Å². The molecule has 1 amide bonds. The lowest BCUT2D eigenvalue weighted by Gasteiger charge is -2.08. The van der Waals surface area contributed by atoms with Crippen molar-refractivity contribution in [2.75, 3.05) is 0 Å². The summed E-state index contributed by atoms with van der Waals surface area (Å²) < 4.78 is 1.79. The van der Waals surface area contributed by atoms with Crippen LogP contribution in [0.15, 0.2) is 89.9 Å². The van der Waals surface area contributed by atoms with E-state index in [0.29, 0.717) is 17.2 Å². The molecule has 0 aliphatic rings. The number of tetrazole rings is 1. The molecular formula is C27H23N7OS. The van der Waals surface area contributed by atoms with E-state index in [1.54, 1.807) is 10.8 Å². The second-order valence-electron chi connectivity index (χ2n) is 7.96. The monoisotopic (exact) mass is 493 g/mol. The van der Waals surface area contributed by atoms with Gasteiger partial charge in [-0.3, -0.25) is 4.79 Å². The lowest BCUT2D eigenvalue weighted by Crippen LogP contribution is -2.18. The van der Waals surface area contributed by atoms with Crippen LogP contribution < -0.4 is 4.80 Å². The molecule has 2 heterocycles. The van der Waals surface area contributed by atoms with Crippen molar-refractivity contribution in [3.8, 4) is 22.5 Å². The van der Waals surface area contributed by atoms with E-state index in [0.717, 1.165) is 39.2 Å². The predicted molar refractivity (Wildman–Crippen MR) is 140 cm³/mol. The molecule has 36 heavy (non-hydrogen) atoms. The molecule has 2 aromatic heterocycles. The fourth-order valence-corrected chi connectivity index (χ4v) is 4.55. The van der Waals surface area contributed by atoms with Gasteiger partial charge in [-0.15, -0.1) is 10.2 Å². The van der Waals surface area contributed by atoms with E-state index in [-0.39, 0.29) is 5.91 Å². The fourth-order valence-electron chi connectivity index (χ4n) is 3.71. The average Bonchev–Trinajstić information content (AvgIpc) is 3.59. The van der Waals surface area contributed by atoms with Crippen molar-refractivity contribution in [2.24, 2.45) is 4.99 Å². The number of rotatable bonds is 7. The Kier molecular flexibility index (Phi) is 7.00. The number of hydrogen-bond acceptors (Lipinski definition) is 6. The molecule has 0 aliphatic carbocycles. The molecule has 3 aromatic carbocycles. The number of aromatic amines is 1. The zero-order chi connectivity index (χ0) is 24.7. The van der Waals surface area contributed by atoms with Crippen molar-refractivity contribution in [3.63, 3.8) is 0 Å². The number of aromatic nitrogens is 6. The predicted octanol–water partition coefficient (Wildman–Crippen LogP) is 4.54. The van der Waals surface area contributed by atoms with Gasteiger partial charge in [-0.25, -0.2) is 4.68 Å². The van der Waals surface area contributed by atoms with Gasteiger partial charge >= 0.3 is 0 Å². The van der Waals surface area contributed by atoms with Gasteiger partial charge in [-0.2, -0.15) is 15.3 Å². The summed E-state index contributed by atoms with van der Waals surface area (Å²) in [7, 11) is 0. The molecule has 0 aliphatic heterocycles. The van der Waals surface area contributed by atoms with Gasteiger partial charge in [0.25, 0.3) is 5.91 Å². The Morgan fingerprint density at radius 3 is 2.47 bits per heavy atom. The van der Waals surface area contributed by atoms with Crippen LogP contribution in [0.1, 0.15) is 23.1 Å². The SMILES string of the molecule is CCc1nn(Cc2ccc(-c3ccccc3-c3nn[nH]n3)cc2)c(=NC(=O)C=Cc2ccccc2)s1. The number of hydrogen-bond donors (Lipinski definition) is 1. The van der Waals surface area contributed by atoms with Crippen LogP contribution >= 0.6 is 11.3 Å². The molecule has 0 spiro atoms. The standard InChI is InChI=1S/C27H23N7OS/c1-2-25-31-34(27(36-25)28-24(35)17-14-19-8-4-3-5-9-19)18-20-12-15-21(16-13-20)22-10-6-7-11-23(22)26-29-32-33-30-26/h3-17H,2,18H2,1H3,(H,29,30,32,33). The number of nitrogens with zero attached hydrogens (tertiary/aromatic N) is 6. The van der Waals surface area contributed by atoms with Crippen LogP contribution in [0, 0.1) is 0 Å². The maximum Gasteiger partial charge on any atom is 0.272 e. The smallest absolute Gasteiger partial charge is 0.267 e. The maximum atomic E-state index is 12.5. The Morgan fingerprint density at radius 2 is 1.75 bits per heavy atom. The first kappa shape index (κ1) is 23.3. The molecule has 0 unspecified atom stereocenters. The summed E-state index contributed by atoms with van der Waals surface area (Å²) >= 11 is 1.44. The second-order valence-corrected chi connectivity index (χ2v) is 9.00.